The van der Waals surface area contributed by atoms with E-state index >= 15 is 0 Å². The van der Waals surface area contributed by atoms with Gasteiger partial charge in [0.1, 0.15) is 11.2 Å². The predicted octanol–water partition coefficient (Wildman–Crippen LogP) is 5.91. The number of carbonyl (C=O) groups excluding carboxylic acids is 2. The lowest BCUT2D eigenvalue weighted by Crippen LogP contribution is -2.48. The molecule has 0 spiro atoms. The van der Waals surface area contributed by atoms with Gasteiger partial charge in [-0.05, 0) is 71.4 Å². The summed E-state index contributed by atoms with van der Waals surface area (Å²) in [6, 6.07) is 14.2. The highest BCUT2D eigenvalue weighted by atomic mass is 35.5. The fraction of sp³-hybridized carbons (Fsp3) is 0.370. The smallest absolute Gasteiger partial charge is 0.417 e. The minimum Gasteiger partial charge on any atom is -0.444 e. The number of nitrogens with one attached hydrogen (secondary N) is 1. The van der Waals surface area contributed by atoms with Gasteiger partial charge in [-0.1, -0.05) is 47.7 Å². The van der Waals surface area contributed by atoms with Crippen molar-refractivity contribution in [3.63, 3.8) is 0 Å². The molecule has 0 aliphatic carbocycles. The third-order valence-electron chi connectivity index (χ3n) is 4.64. The monoisotopic (exact) mass is 495 g/mol. The number of hydrogen-bond donors (Lipinski definition) is 1. The average Bonchev–Trinajstić information content (AvgIpc) is 3.13. The molecule has 3 rings (SSSR count). The van der Waals surface area contributed by atoms with Gasteiger partial charge in [-0.25, -0.2) is 19.5 Å². The van der Waals surface area contributed by atoms with Crippen molar-refractivity contribution >= 4 is 29.7 Å². The fourth-order valence-electron chi connectivity index (χ4n) is 3.34. The standard InChI is InChI=1S/C27H30ClN3O4/c1-26(2,3)34-24(32)30-23-29-17-22(31(23)25(33)35-27(4,5)6)21-13-8-7-11-19(21)15-14-18-10-9-12-20(28)16-18/h7-13,16,22H,17H2,1-6H3,(H,29,30,32). The molecule has 1 aliphatic heterocycles. The average molecular weight is 496 g/mol. The van der Waals surface area contributed by atoms with Crippen molar-refractivity contribution in [2.45, 2.75) is 58.8 Å². The van der Waals surface area contributed by atoms with Crippen molar-refractivity contribution in [2.24, 2.45) is 4.99 Å². The Bertz CT molecular complexity index is 1200. The Labute approximate surface area is 211 Å². The van der Waals surface area contributed by atoms with E-state index in [4.69, 9.17) is 21.1 Å². The number of ether oxygens (including phenoxy) is 2. The minimum absolute atomic E-state index is 0.0658. The number of hydrogen-bond acceptors (Lipinski definition) is 5. The highest BCUT2D eigenvalue weighted by Gasteiger charge is 2.39. The van der Waals surface area contributed by atoms with E-state index < -0.39 is 29.4 Å². The van der Waals surface area contributed by atoms with Crippen LogP contribution in [0, 0.1) is 11.8 Å². The molecule has 1 atom stereocenters. The first kappa shape index (κ1) is 26.1. The number of alkyl carbamates (subject to hydrolysis) is 1. The highest BCUT2D eigenvalue weighted by molar-refractivity contribution is 6.30. The maximum Gasteiger partial charge on any atom is 0.417 e. The summed E-state index contributed by atoms with van der Waals surface area (Å²) in [6.07, 6.45) is -1.34. The topological polar surface area (TPSA) is 80.2 Å². The molecule has 2 aromatic rings. The van der Waals surface area contributed by atoms with Crippen LogP contribution in [0.2, 0.25) is 5.02 Å². The molecule has 0 aromatic heterocycles. The van der Waals surface area contributed by atoms with Crippen LogP contribution in [0.3, 0.4) is 0 Å². The number of carbonyl (C=O) groups is 2. The predicted molar refractivity (Wildman–Crippen MR) is 136 cm³/mol. The van der Waals surface area contributed by atoms with Gasteiger partial charge in [0.25, 0.3) is 0 Å². The van der Waals surface area contributed by atoms with Crippen molar-refractivity contribution < 1.29 is 19.1 Å². The fourth-order valence-corrected chi connectivity index (χ4v) is 3.53. The lowest BCUT2D eigenvalue weighted by molar-refractivity contribution is 0.0321. The van der Waals surface area contributed by atoms with Crippen LogP contribution in [0.15, 0.2) is 53.5 Å². The van der Waals surface area contributed by atoms with E-state index in [-0.39, 0.29) is 12.5 Å². The van der Waals surface area contributed by atoms with E-state index in [2.05, 4.69) is 22.2 Å². The summed E-state index contributed by atoms with van der Waals surface area (Å²) < 4.78 is 11.0. The zero-order valence-corrected chi connectivity index (χ0v) is 21.6. The van der Waals surface area contributed by atoms with Crippen molar-refractivity contribution in [1.29, 1.82) is 0 Å². The third kappa shape index (κ3) is 7.49. The molecule has 0 saturated carbocycles. The maximum atomic E-state index is 13.2. The molecule has 0 saturated heterocycles. The van der Waals surface area contributed by atoms with E-state index in [1.54, 1.807) is 53.7 Å². The van der Waals surface area contributed by atoms with E-state index in [1.807, 2.05) is 36.4 Å². The second kappa shape index (κ2) is 10.4. The summed E-state index contributed by atoms with van der Waals surface area (Å²) in [5.74, 6) is 6.36. The Balaban J connectivity index is 1.95. The van der Waals surface area contributed by atoms with Crippen LogP contribution in [-0.4, -0.2) is 40.8 Å². The molecule has 0 fully saturated rings. The van der Waals surface area contributed by atoms with Gasteiger partial charge in [-0.15, -0.1) is 0 Å². The molecule has 1 aliphatic rings. The van der Waals surface area contributed by atoms with E-state index in [1.165, 1.54) is 4.90 Å². The van der Waals surface area contributed by atoms with E-state index in [9.17, 15) is 9.59 Å². The molecule has 1 unspecified atom stereocenters. The van der Waals surface area contributed by atoms with Crippen molar-refractivity contribution in [3.8, 4) is 11.8 Å². The number of rotatable bonds is 1. The number of aliphatic imine (C=N–C) groups is 1. The quantitative estimate of drug-likeness (QED) is 0.498. The first-order valence-corrected chi connectivity index (χ1v) is 11.6. The maximum absolute atomic E-state index is 13.2. The first-order chi connectivity index (χ1) is 16.3. The zero-order valence-electron chi connectivity index (χ0n) is 20.8. The van der Waals surface area contributed by atoms with Crippen LogP contribution in [-0.2, 0) is 9.47 Å². The SMILES string of the molecule is CC(C)(C)OC(=O)NC1=NCC(c2ccccc2C#Cc2cccc(Cl)c2)N1C(=O)OC(C)(C)C. The molecule has 2 aromatic carbocycles. The molecule has 1 N–H and O–H groups in total. The van der Waals surface area contributed by atoms with Crippen LogP contribution in [0.25, 0.3) is 0 Å². The molecule has 1 heterocycles. The van der Waals surface area contributed by atoms with Crippen LogP contribution < -0.4 is 5.32 Å². The summed E-state index contributed by atoms with van der Waals surface area (Å²) in [4.78, 5) is 31.4. The van der Waals surface area contributed by atoms with Crippen molar-refractivity contribution in [1.82, 2.24) is 10.2 Å². The summed E-state index contributed by atoms with van der Waals surface area (Å²) in [6.45, 7) is 10.8. The Hall–Kier alpha value is -3.50. The molecule has 35 heavy (non-hydrogen) atoms. The number of halogens is 1. The molecule has 2 amide bonds. The van der Waals surface area contributed by atoms with Gasteiger partial charge in [-0.2, -0.15) is 0 Å². The summed E-state index contributed by atoms with van der Waals surface area (Å²) in [7, 11) is 0. The van der Waals surface area contributed by atoms with Gasteiger partial charge in [0.05, 0.1) is 12.6 Å². The summed E-state index contributed by atoms with van der Waals surface area (Å²) >= 11 is 6.08. The van der Waals surface area contributed by atoms with Gasteiger partial charge in [0, 0.05) is 16.1 Å². The molecular formula is C27H30ClN3O4. The molecule has 184 valence electrons. The Morgan fingerprint density at radius 1 is 1.00 bits per heavy atom. The summed E-state index contributed by atoms with van der Waals surface area (Å²) in [5, 5.41) is 3.20. The van der Waals surface area contributed by atoms with E-state index in [0.717, 1.165) is 16.7 Å². The molecule has 0 radical (unpaired) electrons. The van der Waals surface area contributed by atoms with Crippen molar-refractivity contribution in [3.05, 3.63) is 70.2 Å². The molecular weight excluding hydrogens is 466 g/mol. The number of amides is 2. The van der Waals surface area contributed by atoms with Gasteiger partial charge < -0.3 is 9.47 Å². The van der Waals surface area contributed by atoms with Crippen LogP contribution >= 0.6 is 11.6 Å². The lowest BCUT2D eigenvalue weighted by Gasteiger charge is -2.30. The zero-order chi connectivity index (χ0) is 25.8. The molecule has 8 heteroatoms. The Morgan fingerprint density at radius 2 is 1.69 bits per heavy atom. The van der Waals surface area contributed by atoms with Crippen LogP contribution in [0.5, 0.6) is 0 Å². The van der Waals surface area contributed by atoms with E-state index in [0.29, 0.717) is 5.02 Å². The Morgan fingerprint density at radius 3 is 2.34 bits per heavy atom. The number of benzene rings is 2. The number of nitrogens with zero attached hydrogens (tertiary/aromatic N) is 2. The van der Waals surface area contributed by atoms with Crippen LogP contribution in [0.1, 0.15) is 64.3 Å². The first-order valence-electron chi connectivity index (χ1n) is 11.3. The number of guanidine groups is 1. The van der Waals surface area contributed by atoms with Gasteiger partial charge in [0.15, 0.2) is 0 Å². The molecule has 0 bridgehead atoms. The Kier molecular flexibility index (Phi) is 7.76. The largest absolute Gasteiger partial charge is 0.444 e. The second-order valence-electron chi connectivity index (χ2n) is 10.0. The normalized spacial score (nSPS) is 15.6. The second-order valence-corrected chi connectivity index (χ2v) is 10.4. The summed E-state index contributed by atoms with van der Waals surface area (Å²) in [5.41, 5.74) is 0.818. The van der Waals surface area contributed by atoms with Gasteiger partial charge >= 0.3 is 12.2 Å². The molecule has 7 nitrogen and oxygen atoms in total. The lowest BCUT2D eigenvalue weighted by atomic mass is 9.99. The minimum atomic E-state index is -0.743. The highest BCUT2D eigenvalue weighted by Crippen LogP contribution is 2.30. The third-order valence-corrected chi connectivity index (χ3v) is 4.88. The van der Waals surface area contributed by atoms with Crippen molar-refractivity contribution in [2.75, 3.05) is 6.54 Å². The van der Waals surface area contributed by atoms with Crippen LogP contribution in [0.4, 0.5) is 9.59 Å². The van der Waals surface area contributed by atoms with Gasteiger partial charge in [0.2, 0.25) is 5.96 Å². The van der Waals surface area contributed by atoms with Gasteiger partial charge in [-0.3, -0.25) is 5.32 Å².